The minimum absolute atomic E-state index is 0.0432. The van der Waals surface area contributed by atoms with E-state index in [0.29, 0.717) is 5.56 Å². The van der Waals surface area contributed by atoms with E-state index in [1.54, 1.807) is 12.1 Å². The predicted octanol–water partition coefficient (Wildman–Crippen LogP) is 1.20. The fraction of sp³-hybridized carbons (Fsp3) is 0.0625. The zero-order valence-electron chi connectivity index (χ0n) is 12.5. The molecule has 2 aliphatic carbocycles. The molecule has 0 saturated heterocycles. The quantitative estimate of drug-likeness (QED) is 0.559. The highest BCUT2D eigenvalue weighted by atomic mass is 16.1. The first-order valence-electron chi connectivity index (χ1n) is 7.08. The van der Waals surface area contributed by atoms with E-state index in [1.807, 2.05) is 6.07 Å². The summed E-state index contributed by atoms with van der Waals surface area (Å²) in [4.78, 5) is 25.0. The topological polar surface area (TPSA) is 133 Å². The lowest BCUT2D eigenvalue weighted by molar-refractivity contribution is 0.976. The van der Waals surface area contributed by atoms with Crippen molar-refractivity contribution in [3.8, 4) is 17.6 Å². The maximum Gasteiger partial charge on any atom is 0.349 e. The third-order valence-electron chi connectivity index (χ3n) is 3.36. The summed E-state index contributed by atoms with van der Waals surface area (Å²) in [5.41, 5.74) is 5.04. The lowest BCUT2D eigenvalue weighted by Gasteiger charge is -2.02. The summed E-state index contributed by atoms with van der Waals surface area (Å²) in [6, 6.07) is 5.14. The number of H-pyrrole nitrogens is 1. The Morgan fingerprint density at radius 2 is 2.00 bits per heavy atom. The fourth-order valence-corrected chi connectivity index (χ4v) is 2.26. The summed E-state index contributed by atoms with van der Waals surface area (Å²) < 4.78 is 0. The van der Waals surface area contributed by atoms with E-state index in [1.165, 1.54) is 23.8 Å². The second kappa shape index (κ2) is 6.68. The van der Waals surface area contributed by atoms with Gasteiger partial charge in [-0.2, -0.15) is 15.2 Å². The molecule has 118 valence electrons. The minimum atomic E-state index is -0.627. The molecule has 8 nitrogen and oxygen atoms in total. The number of fused-ring (bicyclic) bond motifs is 2. The Morgan fingerprint density at radius 1 is 1.25 bits per heavy atom. The Bertz CT molecular complexity index is 943. The van der Waals surface area contributed by atoms with Crippen molar-refractivity contribution in [1.29, 1.82) is 5.26 Å². The van der Waals surface area contributed by atoms with Gasteiger partial charge in [-0.1, -0.05) is 24.3 Å². The molecule has 0 saturated carbocycles. The largest absolute Gasteiger partial charge is 0.349 e. The Morgan fingerprint density at radius 3 is 2.54 bits per heavy atom. The zero-order chi connectivity index (χ0) is 16.9. The normalized spacial score (nSPS) is 13.5. The molecule has 0 fully saturated rings. The number of aromatic nitrogens is 4. The average molecular weight is 319 g/mol. The molecule has 4 rings (SSSR count). The summed E-state index contributed by atoms with van der Waals surface area (Å²) >= 11 is 0. The number of aromatic amines is 1. The van der Waals surface area contributed by atoms with Crippen molar-refractivity contribution < 1.29 is 0 Å². The van der Waals surface area contributed by atoms with Crippen molar-refractivity contribution in [2.24, 2.45) is 5.84 Å². The van der Waals surface area contributed by atoms with Gasteiger partial charge in [-0.3, -0.25) is 15.4 Å². The molecular formula is C16H13N7O. The van der Waals surface area contributed by atoms with Crippen LogP contribution in [-0.4, -0.2) is 19.9 Å². The lowest BCUT2D eigenvalue weighted by atomic mass is 10.2. The number of nitrogens with zero attached hydrogens (tertiary/aromatic N) is 4. The SMILES string of the molecule is C1=CC2=CC=C1C2.N#Cc1cccnc1-c1nc(NN)nc(=O)[nH]1. The molecule has 2 aromatic rings. The molecule has 24 heavy (non-hydrogen) atoms. The molecular weight excluding hydrogens is 306 g/mol. The van der Waals surface area contributed by atoms with Crippen molar-refractivity contribution >= 4 is 5.95 Å². The Balaban J connectivity index is 0.000000198. The van der Waals surface area contributed by atoms with Crippen molar-refractivity contribution in [1.82, 2.24) is 19.9 Å². The molecule has 8 heteroatoms. The molecule has 4 N–H and O–H groups in total. The van der Waals surface area contributed by atoms with Crippen LogP contribution < -0.4 is 17.0 Å². The summed E-state index contributed by atoms with van der Waals surface area (Å²) in [6.45, 7) is 0. The molecule has 2 bridgehead atoms. The number of allylic oxidation sites excluding steroid dienone is 6. The van der Waals surface area contributed by atoms with Gasteiger partial charge in [-0.25, -0.2) is 10.6 Å². The van der Waals surface area contributed by atoms with E-state index < -0.39 is 5.69 Å². The Kier molecular flexibility index (Phi) is 4.27. The monoisotopic (exact) mass is 319 g/mol. The number of anilines is 1. The van der Waals surface area contributed by atoms with Gasteiger partial charge in [-0.15, -0.1) is 0 Å². The number of nitrogen functional groups attached to an aromatic ring is 1. The molecule has 0 spiro atoms. The molecule has 2 aromatic heterocycles. The molecule has 0 radical (unpaired) electrons. The summed E-state index contributed by atoms with van der Waals surface area (Å²) in [7, 11) is 0. The van der Waals surface area contributed by atoms with Crippen LogP contribution in [-0.2, 0) is 0 Å². The van der Waals surface area contributed by atoms with Crippen molar-refractivity contribution in [3.05, 3.63) is 69.8 Å². The van der Waals surface area contributed by atoms with Gasteiger partial charge >= 0.3 is 5.69 Å². The number of nitrogens with one attached hydrogen (secondary N) is 2. The van der Waals surface area contributed by atoms with Crippen LogP contribution in [0.25, 0.3) is 11.5 Å². The third-order valence-corrected chi connectivity index (χ3v) is 3.36. The van der Waals surface area contributed by atoms with Gasteiger partial charge in [0, 0.05) is 6.20 Å². The van der Waals surface area contributed by atoms with E-state index in [0.717, 1.165) is 0 Å². The minimum Gasteiger partial charge on any atom is -0.292 e. The summed E-state index contributed by atoms with van der Waals surface area (Å²) in [6.07, 6.45) is 11.4. The maximum atomic E-state index is 11.2. The van der Waals surface area contributed by atoms with Gasteiger partial charge in [0.05, 0.1) is 5.56 Å². The highest BCUT2D eigenvalue weighted by Gasteiger charge is 2.10. The van der Waals surface area contributed by atoms with Crippen molar-refractivity contribution in [2.45, 2.75) is 6.42 Å². The second-order valence-electron chi connectivity index (χ2n) is 4.97. The third kappa shape index (κ3) is 3.26. The predicted molar refractivity (Wildman–Crippen MR) is 88.3 cm³/mol. The number of hydrogen-bond donors (Lipinski definition) is 3. The Labute approximate surface area is 137 Å². The van der Waals surface area contributed by atoms with Crippen LogP contribution in [0, 0.1) is 11.3 Å². The smallest absolute Gasteiger partial charge is 0.292 e. The first-order valence-corrected chi connectivity index (χ1v) is 7.08. The number of nitriles is 1. The van der Waals surface area contributed by atoms with Crippen LogP contribution in [0.4, 0.5) is 5.95 Å². The summed E-state index contributed by atoms with van der Waals surface area (Å²) in [5.74, 6) is 5.21. The molecule has 0 aliphatic heterocycles. The van der Waals surface area contributed by atoms with E-state index in [2.05, 4.69) is 49.7 Å². The zero-order valence-corrected chi connectivity index (χ0v) is 12.5. The maximum absolute atomic E-state index is 11.2. The van der Waals surface area contributed by atoms with Crippen molar-refractivity contribution in [2.75, 3.05) is 5.43 Å². The van der Waals surface area contributed by atoms with E-state index >= 15 is 0 Å². The van der Waals surface area contributed by atoms with Gasteiger partial charge in [0.2, 0.25) is 5.95 Å². The Hall–Kier alpha value is -3.57. The van der Waals surface area contributed by atoms with E-state index in [-0.39, 0.29) is 17.5 Å². The first-order chi connectivity index (χ1) is 11.7. The van der Waals surface area contributed by atoms with E-state index in [9.17, 15) is 4.79 Å². The molecule has 2 heterocycles. The van der Waals surface area contributed by atoms with Gasteiger partial charge in [0.25, 0.3) is 0 Å². The second-order valence-corrected chi connectivity index (χ2v) is 4.97. The molecule has 0 atom stereocenters. The number of rotatable bonds is 2. The molecule has 0 aromatic carbocycles. The van der Waals surface area contributed by atoms with Crippen LogP contribution in [0.15, 0.2) is 58.6 Å². The summed E-state index contributed by atoms with van der Waals surface area (Å²) in [5, 5.41) is 8.91. The van der Waals surface area contributed by atoms with Crippen LogP contribution in [0.1, 0.15) is 12.0 Å². The number of hydrogen-bond acceptors (Lipinski definition) is 7. The number of nitrogens with two attached hydrogens (primary N) is 1. The van der Waals surface area contributed by atoms with Gasteiger partial charge in [0.15, 0.2) is 5.82 Å². The number of pyridine rings is 1. The average Bonchev–Trinajstić information content (AvgIpc) is 3.27. The lowest BCUT2D eigenvalue weighted by Crippen LogP contribution is -2.20. The highest BCUT2D eigenvalue weighted by Crippen LogP contribution is 2.27. The number of hydrazine groups is 1. The van der Waals surface area contributed by atoms with Crippen LogP contribution in [0.2, 0.25) is 0 Å². The van der Waals surface area contributed by atoms with E-state index in [4.69, 9.17) is 11.1 Å². The fourth-order valence-electron chi connectivity index (χ4n) is 2.26. The van der Waals surface area contributed by atoms with Crippen LogP contribution in [0.3, 0.4) is 0 Å². The van der Waals surface area contributed by atoms with Gasteiger partial charge in [-0.05, 0) is 29.7 Å². The highest BCUT2D eigenvalue weighted by molar-refractivity contribution is 5.59. The van der Waals surface area contributed by atoms with Crippen LogP contribution in [0.5, 0.6) is 0 Å². The molecule has 0 amide bonds. The molecule has 2 aliphatic rings. The van der Waals surface area contributed by atoms with Crippen molar-refractivity contribution in [3.63, 3.8) is 0 Å². The van der Waals surface area contributed by atoms with Gasteiger partial charge < -0.3 is 0 Å². The standard InChI is InChI=1S/C9H7N7O.C7H6/c10-4-5-2-1-3-12-6(5)7-13-8(16-11)15-9(17)14-7;1-2-7-4-3-6(1)5-7/h1-3H,11H2,(H2,13,14,15,16,17);1-4H,5H2. The van der Waals surface area contributed by atoms with Crippen LogP contribution >= 0.6 is 0 Å². The molecule has 0 unspecified atom stereocenters. The first kappa shape index (κ1) is 15.3. The van der Waals surface area contributed by atoms with Gasteiger partial charge in [0.1, 0.15) is 11.8 Å².